The minimum absolute atomic E-state index is 0.218. The maximum absolute atomic E-state index is 12.3. The topological polar surface area (TPSA) is 52.6 Å². The Kier molecular flexibility index (Phi) is 5.09. The molecule has 0 aliphatic rings. The number of para-hydroxylation sites is 1. The normalized spacial score (nSPS) is 9.86. The summed E-state index contributed by atoms with van der Waals surface area (Å²) in [5, 5.41) is 0. The molecule has 4 heteroatoms. The van der Waals surface area contributed by atoms with Crippen molar-refractivity contribution in [3.05, 3.63) is 72.5 Å². The van der Waals surface area contributed by atoms with Crippen molar-refractivity contribution in [2.24, 2.45) is 0 Å². The molecule has 22 heavy (non-hydrogen) atoms. The van der Waals surface area contributed by atoms with Crippen LogP contribution in [0.25, 0.3) is 0 Å². The number of rotatable bonds is 7. The number of hydrogen-bond donors (Lipinski definition) is 0. The molecule has 2 rings (SSSR count). The molecule has 0 spiro atoms. The van der Waals surface area contributed by atoms with Gasteiger partial charge in [0.1, 0.15) is 11.5 Å². The third kappa shape index (κ3) is 3.61. The molecule has 0 unspecified atom stereocenters. The second-order valence-corrected chi connectivity index (χ2v) is 4.53. The van der Waals surface area contributed by atoms with E-state index < -0.39 is 0 Å². The van der Waals surface area contributed by atoms with Crippen molar-refractivity contribution in [2.45, 2.75) is 6.42 Å². The Morgan fingerprint density at radius 2 is 1.73 bits per heavy atom. The standard InChI is InChI=1S/C18H16O4/c1-3-22-18-7-5-4-6-15(18)17(20)12-16(19)13-8-10-14(21-2)11-9-13/h3-11H,1,12H2,2H3. The predicted octanol–water partition coefficient (Wildman–Crippen LogP) is 3.67. The lowest BCUT2D eigenvalue weighted by Gasteiger charge is -2.07. The number of Topliss-reactive ketones (excluding diaryl/α,β-unsaturated/α-hetero) is 2. The van der Waals surface area contributed by atoms with Crippen LogP contribution in [0.4, 0.5) is 0 Å². The van der Waals surface area contributed by atoms with E-state index in [0.717, 1.165) is 0 Å². The third-order valence-corrected chi connectivity index (χ3v) is 3.13. The number of carbonyl (C=O) groups is 2. The average molecular weight is 296 g/mol. The first-order chi connectivity index (χ1) is 10.7. The van der Waals surface area contributed by atoms with E-state index in [-0.39, 0.29) is 18.0 Å². The zero-order valence-corrected chi connectivity index (χ0v) is 12.2. The van der Waals surface area contributed by atoms with Crippen molar-refractivity contribution in [3.8, 4) is 11.5 Å². The average Bonchev–Trinajstić information content (AvgIpc) is 2.55. The third-order valence-electron chi connectivity index (χ3n) is 3.13. The van der Waals surface area contributed by atoms with Crippen LogP contribution in [0.2, 0.25) is 0 Å². The Labute approximate surface area is 129 Å². The van der Waals surface area contributed by atoms with Crippen LogP contribution in [0.1, 0.15) is 27.1 Å². The molecule has 0 fully saturated rings. The van der Waals surface area contributed by atoms with Gasteiger partial charge >= 0.3 is 0 Å². The van der Waals surface area contributed by atoms with E-state index in [0.29, 0.717) is 22.6 Å². The summed E-state index contributed by atoms with van der Waals surface area (Å²) in [6, 6.07) is 13.4. The van der Waals surface area contributed by atoms with Crippen LogP contribution in [0, 0.1) is 0 Å². The number of benzene rings is 2. The number of carbonyl (C=O) groups excluding carboxylic acids is 2. The molecule has 0 heterocycles. The molecule has 0 saturated carbocycles. The maximum Gasteiger partial charge on any atom is 0.174 e. The Morgan fingerprint density at radius 1 is 1.05 bits per heavy atom. The quantitative estimate of drug-likeness (QED) is 0.444. The molecule has 0 amide bonds. The molecule has 0 saturated heterocycles. The Balaban J connectivity index is 2.14. The second kappa shape index (κ2) is 7.22. The van der Waals surface area contributed by atoms with Crippen LogP contribution in [0.3, 0.4) is 0 Å². The predicted molar refractivity (Wildman–Crippen MR) is 83.5 cm³/mol. The lowest BCUT2D eigenvalue weighted by atomic mass is 10.0. The highest BCUT2D eigenvalue weighted by atomic mass is 16.5. The molecule has 0 N–H and O–H groups in total. The molecular weight excluding hydrogens is 280 g/mol. The zero-order valence-electron chi connectivity index (χ0n) is 12.2. The fourth-order valence-corrected chi connectivity index (χ4v) is 2.01. The van der Waals surface area contributed by atoms with E-state index in [2.05, 4.69) is 6.58 Å². The molecule has 0 bridgehead atoms. The number of methoxy groups -OCH3 is 1. The van der Waals surface area contributed by atoms with Gasteiger partial charge in [0, 0.05) is 5.56 Å². The van der Waals surface area contributed by atoms with Gasteiger partial charge in [-0.05, 0) is 36.4 Å². The highest BCUT2D eigenvalue weighted by molar-refractivity contribution is 6.14. The molecule has 0 aliphatic heterocycles. The summed E-state index contributed by atoms with van der Waals surface area (Å²) in [6.07, 6.45) is 1.03. The fraction of sp³-hybridized carbons (Fsp3) is 0.111. The summed E-state index contributed by atoms with van der Waals surface area (Å²) in [7, 11) is 1.55. The Bertz CT molecular complexity index is 686. The molecule has 0 aromatic heterocycles. The van der Waals surface area contributed by atoms with Gasteiger partial charge in [-0.2, -0.15) is 0 Å². The summed E-state index contributed by atoms with van der Waals surface area (Å²) in [4.78, 5) is 24.5. The number of ketones is 2. The van der Waals surface area contributed by atoms with Gasteiger partial charge in [0.05, 0.1) is 25.4 Å². The minimum Gasteiger partial charge on any atom is -0.497 e. The minimum atomic E-state index is -0.293. The van der Waals surface area contributed by atoms with E-state index in [1.165, 1.54) is 6.26 Å². The summed E-state index contributed by atoms with van der Waals surface area (Å²) in [5.41, 5.74) is 0.834. The van der Waals surface area contributed by atoms with Gasteiger partial charge < -0.3 is 9.47 Å². The van der Waals surface area contributed by atoms with E-state index >= 15 is 0 Å². The van der Waals surface area contributed by atoms with Gasteiger partial charge in [-0.25, -0.2) is 0 Å². The van der Waals surface area contributed by atoms with Crippen molar-refractivity contribution in [1.82, 2.24) is 0 Å². The highest BCUT2D eigenvalue weighted by Crippen LogP contribution is 2.21. The van der Waals surface area contributed by atoms with Gasteiger partial charge in [0.25, 0.3) is 0 Å². The molecular formula is C18H16O4. The zero-order chi connectivity index (χ0) is 15.9. The van der Waals surface area contributed by atoms with Gasteiger partial charge in [0.2, 0.25) is 0 Å². The first kappa shape index (κ1) is 15.5. The van der Waals surface area contributed by atoms with Crippen LogP contribution in [-0.4, -0.2) is 18.7 Å². The van der Waals surface area contributed by atoms with Gasteiger partial charge in [0.15, 0.2) is 11.6 Å². The van der Waals surface area contributed by atoms with Crippen LogP contribution in [-0.2, 0) is 0 Å². The molecule has 112 valence electrons. The molecule has 2 aromatic rings. The first-order valence-electron chi connectivity index (χ1n) is 6.72. The highest BCUT2D eigenvalue weighted by Gasteiger charge is 2.17. The molecule has 0 radical (unpaired) electrons. The lowest BCUT2D eigenvalue weighted by Crippen LogP contribution is -2.09. The summed E-state index contributed by atoms with van der Waals surface area (Å²) < 4.78 is 10.2. The summed E-state index contributed by atoms with van der Waals surface area (Å²) in [5.74, 6) is 0.511. The molecule has 4 nitrogen and oxygen atoms in total. The smallest absolute Gasteiger partial charge is 0.174 e. The molecule has 2 aromatic carbocycles. The molecule has 0 atom stereocenters. The molecule has 0 aliphatic carbocycles. The van der Waals surface area contributed by atoms with Crippen LogP contribution in [0.5, 0.6) is 11.5 Å². The van der Waals surface area contributed by atoms with Gasteiger partial charge in [-0.1, -0.05) is 18.7 Å². The fourth-order valence-electron chi connectivity index (χ4n) is 2.01. The van der Waals surface area contributed by atoms with Crippen molar-refractivity contribution in [2.75, 3.05) is 7.11 Å². The number of hydrogen-bond acceptors (Lipinski definition) is 4. The van der Waals surface area contributed by atoms with Gasteiger partial charge in [-0.3, -0.25) is 9.59 Å². The number of ether oxygens (including phenoxy) is 2. The lowest BCUT2D eigenvalue weighted by molar-refractivity contribution is 0.0893. The van der Waals surface area contributed by atoms with Crippen LogP contribution >= 0.6 is 0 Å². The van der Waals surface area contributed by atoms with Crippen molar-refractivity contribution < 1.29 is 19.1 Å². The van der Waals surface area contributed by atoms with E-state index in [9.17, 15) is 9.59 Å². The van der Waals surface area contributed by atoms with Crippen molar-refractivity contribution in [3.63, 3.8) is 0 Å². The largest absolute Gasteiger partial charge is 0.497 e. The SMILES string of the molecule is C=COc1ccccc1C(=O)CC(=O)c1ccc(OC)cc1. The van der Waals surface area contributed by atoms with Crippen molar-refractivity contribution in [1.29, 1.82) is 0 Å². The monoisotopic (exact) mass is 296 g/mol. The van der Waals surface area contributed by atoms with E-state index in [4.69, 9.17) is 9.47 Å². The maximum atomic E-state index is 12.3. The van der Waals surface area contributed by atoms with Crippen LogP contribution < -0.4 is 9.47 Å². The first-order valence-corrected chi connectivity index (χ1v) is 6.72. The van der Waals surface area contributed by atoms with Crippen molar-refractivity contribution >= 4 is 11.6 Å². The second-order valence-electron chi connectivity index (χ2n) is 4.53. The van der Waals surface area contributed by atoms with E-state index in [1.54, 1.807) is 55.6 Å². The van der Waals surface area contributed by atoms with Crippen LogP contribution in [0.15, 0.2) is 61.4 Å². The van der Waals surface area contributed by atoms with E-state index in [1.807, 2.05) is 0 Å². The Hall–Kier alpha value is -2.88. The Morgan fingerprint density at radius 3 is 2.36 bits per heavy atom. The summed E-state index contributed by atoms with van der Waals surface area (Å²) in [6.45, 7) is 3.47. The van der Waals surface area contributed by atoms with Gasteiger partial charge in [-0.15, -0.1) is 0 Å². The summed E-state index contributed by atoms with van der Waals surface area (Å²) >= 11 is 0.